The molecular weight excluding hydrogens is 251 g/mol. The number of rotatable bonds is 4. The Balaban J connectivity index is 2.26. The van der Waals surface area contributed by atoms with Gasteiger partial charge in [0.05, 0.1) is 0 Å². The highest BCUT2D eigenvalue weighted by Crippen LogP contribution is 2.29. The number of aromatic amines is 1. The van der Waals surface area contributed by atoms with Crippen molar-refractivity contribution in [3.8, 4) is 0 Å². The molecule has 0 spiro atoms. The van der Waals surface area contributed by atoms with Crippen LogP contribution in [0.25, 0.3) is 0 Å². The lowest BCUT2D eigenvalue weighted by atomic mass is 10.1. The zero-order chi connectivity index (χ0) is 13.1. The van der Waals surface area contributed by atoms with Crippen LogP contribution >= 0.6 is 11.8 Å². The van der Waals surface area contributed by atoms with E-state index in [1.165, 1.54) is 23.9 Å². The van der Waals surface area contributed by atoms with E-state index in [4.69, 9.17) is 5.73 Å². The normalized spacial score (nSPS) is 12.7. The first kappa shape index (κ1) is 13.0. The summed E-state index contributed by atoms with van der Waals surface area (Å²) in [7, 11) is 0. The Bertz CT molecular complexity index is 539. The fraction of sp³-hybridized carbons (Fsp3) is 0.333. The van der Waals surface area contributed by atoms with Gasteiger partial charge in [-0.15, -0.1) is 5.10 Å². The molecule has 0 saturated heterocycles. The molecule has 0 bridgehead atoms. The lowest BCUT2D eigenvalue weighted by molar-refractivity contribution is 0.620. The first-order valence-corrected chi connectivity index (χ1v) is 6.47. The third-order valence-electron chi connectivity index (χ3n) is 2.34. The highest BCUT2D eigenvalue weighted by molar-refractivity contribution is 7.99. The monoisotopic (exact) mass is 266 g/mol. The van der Waals surface area contributed by atoms with Crippen molar-refractivity contribution < 1.29 is 4.39 Å². The van der Waals surface area contributed by atoms with Crippen LogP contribution in [0.5, 0.6) is 0 Å². The average Bonchev–Trinajstić information content (AvgIpc) is 2.67. The van der Waals surface area contributed by atoms with Gasteiger partial charge in [0, 0.05) is 10.9 Å². The summed E-state index contributed by atoms with van der Waals surface area (Å²) in [5.41, 5.74) is 6.66. The molecule has 0 radical (unpaired) electrons. The van der Waals surface area contributed by atoms with E-state index in [-0.39, 0.29) is 11.9 Å². The molecule has 0 saturated carbocycles. The minimum atomic E-state index is -0.249. The number of aromatic nitrogens is 3. The Kier molecular flexibility index (Phi) is 3.98. The van der Waals surface area contributed by atoms with Crippen LogP contribution in [0.2, 0.25) is 0 Å². The maximum atomic E-state index is 13.3. The molecule has 96 valence electrons. The quantitative estimate of drug-likeness (QED) is 0.891. The summed E-state index contributed by atoms with van der Waals surface area (Å²) in [5, 5.41) is 7.47. The Morgan fingerprint density at radius 1 is 1.50 bits per heavy atom. The maximum Gasteiger partial charge on any atom is 0.213 e. The molecular formula is C12H15FN4S. The Morgan fingerprint density at radius 3 is 2.89 bits per heavy atom. The van der Waals surface area contributed by atoms with E-state index in [0.717, 1.165) is 16.3 Å². The van der Waals surface area contributed by atoms with Gasteiger partial charge in [-0.1, -0.05) is 0 Å². The van der Waals surface area contributed by atoms with Gasteiger partial charge in [-0.05, 0) is 55.8 Å². The molecule has 0 aliphatic heterocycles. The summed E-state index contributed by atoms with van der Waals surface area (Å²) >= 11 is 1.41. The molecule has 2 rings (SSSR count). The number of halogens is 1. The lowest BCUT2D eigenvalue weighted by Gasteiger charge is -2.10. The van der Waals surface area contributed by atoms with E-state index in [2.05, 4.69) is 15.2 Å². The van der Waals surface area contributed by atoms with Crippen molar-refractivity contribution in [3.05, 3.63) is 35.4 Å². The zero-order valence-corrected chi connectivity index (χ0v) is 11.1. The molecule has 1 aromatic heterocycles. The molecule has 6 heteroatoms. The van der Waals surface area contributed by atoms with Crippen LogP contribution in [0.4, 0.5) is 4.39 Å². The van der Waals surface area contributed by atoms with Crippen LogP contribution in [0, 0.1) is 12.7 Å². The molecule has 1 atom stereocenters. The second-order valence-electron chi connectivity index (χ2n) is 4.24. The summed E-state index contributed by atoms with van der Waals surface area (Å²) in [6.07, 6.45) is 0.628. The van der Waals surface area contributed by atoms with Gasteiger partial charge in [-0.2, -0.15) is 0 Å². The topological polar surface area (TPSA) is 67.6 Å². The van der Waals surface area contributed by atoms with Crippen molar-refractivity contribution in [1.29, 1.82) is 0 Å². The van der Waals surface area contributed by atoms with Crippen LogP contribution in [-0.2, 0) is 6.42 Å². The SMILES string of the molecule is Cc1nc(Sc2ccc(F)cc2CC(C)N)n[nH]1. The van der Waals surface area contributed by atoms with Gasteiger partial charge in [0.2, 0.25) is 5.16 Å². The zero-order valence-electron chi connectivity index (χ0n) is 10.3. The second kappa shape index (κ2) is 5.49. The summed E-state index contributed by atoms with van der Waals surface area (Å²) in [6.45, 7) is 3.74. The first-order chi connectivity index (χ1) is 8.54. The third kappa shape index (κ3) is 3.30. The molecule has 3 N–H and O–H groups in total. The number of hydrogen-bond donors (Lipinski definition) is 2. The average molecular weight is 266 g/mol. The molecule has 1 heterocycles. The molecule has 1 aromatic carbocycles. The lowest BCUT2D eigenvalue weighted by Crippen LogP contribution is -2.18. The molecule has 18 heavy (non-hydrogen) atoms. The van der Waals surface area contributed by atoms with Gasteiger partial charge in [0.25, 0.3) is 0 Å². The number of hydrogen-bond acceptors (Lipinski definition) is 4. The predicted octanol–water partition coefficient (Wildman–Crippen LogP) is 2.29. The smallest absolute Gasteiger partial charge is 0.213 e. The molecule has 0 aliphatic carbocycles. The molecule has 0 amide bonds. The number of nitrogens with two attached hydrogens (primary N) is 1. The van der Waals surface area contributed by atoms with Crippen LogP contribution < -0.4 is 5.73 Å². The Morgan fingerprint density at radius 2 is 2.28 bits per heavy atom. The standard InChI is InChI=1S/C12H15FN4S/c1-7(14)5-9-6-10(13)3-4-11(9)18-12-15-8(2)16-17-12/h3-4,6-7H,5,14H2,1-2H3,(H,15,16,17). The number of benzene rings is 1. The van der Waals surface area contributed by atoms with Crippen molar-refractivity contribution in [2.45, 2.75) is 36.4 Å². The van der Waals surface area contributed by atoms with Gasteiger partial charge in [-0.25, -0.2) is 9.37 Å². The number of nitrogens with one attached hydrogen (secondary N) is 1. The van der Waals surface area contributed by atoms with E-state index >= 15 is 0 Å². The van der Waals surface area contributed by atoms with Gasteiger partial charge < -0.3 is 5.73 Å². The van der Waals surface area contributed by atoms with Crippen LogP contribution in [-0.4, -0.2) is 21.2 Å². The van der Waals surface area contributed by atoms with Crippen molar-refractivity contribution in [2.75, 3.05) is 0 Å². The van der Waals surface area contributed by atoms with Crippen LogP contribution in [0.1, 0.15) is 18.3 Å². The molecule has 0 fully saturated rings. The Hall–Kier alpha value is -1.40. The fourth-order valence-electron chi connectivity index (χ4n) is 1.62. The predicted molar refractivity (Wildman–Crippen MR) is 69.0 cm³/mol. The minimum absolute atomic E-state index is 0.0139. The van der Waals surface area contributed by atoms with Crippen LogP contribution in [0.15, 0.2) is 28.3 Å². The van der Waals surface area contributed by atoms with Gasteiger partial charge in [0.1, 0.15) is 11.6 Å². The number of H-pyrrole nitrogens is 1. The number of aryl methyl sites for hydroxylation is 1. The fourth-order valence-corrected chi connectivity index (χ4v) is 2.50. The highest BCUT2D eigenvalue weighted by atomic mass is 32.2. The molecule has 0 aliphatic rings. The van der Waals surface area contributed by atoms with Gasteiger partial charge >= 0.3 is 0 Å². The van der Waals surface area contributed by atoms with E-state index in [1.54, 1.807) is 6.07 Å². The van der Waals surface area contributed by atoms with Crippen molar-refractivity contribution in [1.82, 2.24) is 15.2 Å². The van der Waals surface area contributed by atoms with E-state index < -0.39 is 0 Å². The largest absolute Gasteiger partial charge is 0.328 e. The first-order valence-electron chi connectivity index (χ1n) is 5.65. The minimum Gasteiger partial charge on any atom is -0.328 e. The maximum absolute atomic E-state index is 13.3. The second-order valence-corrected chi connectivity index (χ2v) is 5.25. The molecule has 4 nitrogen and oxygen atoms in total. The van der Waals surface area contributed by atoms with E-state index in [1.807, 2.05) is 13.8 Å². The number of nitrogens with zero attached hydrogens (tertiary/aromatic N) is 2. The van der Waals surface area contributed by atoms with Crippen molar-refractivity contribution in [3.63, 3.8) is 0 Å². The van der Waals surface area contributed by atoms with Crippen LogP contribution in [0.3, 0.4) is 0 Å². The Labute approximate surface area is 109 Å². The van der Waals surface area contributed by atoms with Gasteiger partial charge in [-0.3, -0.25) is 5.10 Å². The van der Waals surface area contributed by atoms with Gasteiger partial charge in [0.15, 0.2) is 0 Å². The summed E-state index contributed by atoms with van der Waals surface area (Å²) in [4.78, 5) is 5.16. The highest BCUT2D eigenvalue weighted by Gasteiger charge is 2.10. The van der Waals surface area contributed by atoms with Crippen molar-refractivity contribution in [2.24, 2.45) is 5.73 Å². The molecule has 2 aromatic rings. The summed E-state index contributed by atoms with van der Waals surface area (Å²) < 4.78 is 13.3. The van der Waals surface area contributed by atoms with Crippen molar-refractivity contribution >= 4 is 11.8 Å². The third-order valence-corrected chi connectivity index (χ3v) is 3.33. The molecule has 1 unspecified atom stereocenters. The summed E-state index contributed by atoms with van der Waals surface area (Å²) in [5.74, 6) is 0.509. The van der Waals surface area contributed by atoms with E-state index in [0.29, 0.717) is 11.6 Å². The summed E-state index contributed by atoms with van der Waals surface area (Å²) in [6, 6.07) is 4.68. The van der Waals surface area contributed by atoms with E-state index in [9.17, 15) is 4.39 Å².